The lowest BCUT2D eigenvalue weighted by atomic mass is 10.1. The first-order valence-corrected chi connectivity index (χ1v) is 11.0. The van der Waals surface area contributed by atoms with E-state index in [4.69, 9.17) is 4.74 Å². The van der Waals surface area contributed by atoms with Crippen molar-refractivity contribution in [2.45, 2.75) is 40.0 Å². The van der Waals surface area contributed by atoms with Crippen molar-refractivity contribution < 1.29 is 4.74 Å². The third-order valence-electron chi connectivity index (χ3n) is 5.12. The van der Waals surface area contributed by atoms with Crippen LogP contribution in [0.25, 0.3) is 16.7 Å². The normalized spacial score (nSPS) is 14.4. The van der Waals surface area contributed by atoms with Crippen molar-refractivity contribution in [3.63, 3.8) is 0 Å². The third-order valence-corrected chi connectivity index (χ3v) is 6.26. The molecule has 0 saturated heterocycles. The van der Waals surface area contributed by atoms with Crippen LogP contribution in [0.3, 0.4) is 0 Å². The van der Waals surface area contributed by atoms with E-state index in [9.17, 15) is 0 Å². The van der Waals surface area contributed by atoms with Crippen LogP contribution in [0.4, 0.5) is 0 Å². The SMILES string of the molecule is C=C(NC1=C(C)CCC=C(C)S1)c1cccc(Oc2ccnc3n[nH]c(CC)c23)c1. The lowest BCUT2D eigenvalue weighted by Gasteiger charge is -2.16. The first kappa shape index (κ1) is 20.3. The van der Waals surface area contributed by atoms with Gasteiger partial charge in [-0.15, -0.1) is 0 Å². The summed E-state index contributed by atoms with van der Waals surface area (Å²) in [6, 6.07) is 9.86. The van der Waals surface area contributed by atoms with Crippen molar-refractivity contribution in [3.8, 4) is 11.5 Å². The minimum Gasteiger partial charge on any atom is -0.456 e. The average molecular weight is 419 g/mol. The van der Waals surface area contributed by atoms with Gasteiger partial charge in [0.05, 0.1) is 10.4 Å². The number of aromatic nitrogens is 3. The Morgan fingerprint density at radius 3 is 3.00 bits per heavy atom. The Bertz CT molecular complexity index is 1160. The van der Waals surface area contributed by atoms with E-state index in [0.717, 1.165) is 53.1 Å². The molecule has 0 aliphatic carbocycles. The fourth-order valence-corrected chi connectivity index (χ4v) is 4.40. The van der Waals surface area contributed by atoms with Crippen LogP contribution in [0.1, 0.15) is 44.9 Å². The minimum absolute atomic E-state index is 0.669. The molecular formula is C24H26N4OS. The summed E-state index contributed by atoms with van der Waals surface area (Å²) in [7, 11) is 0. The van der Waals surface area contributed by atoms with E-state index >= 15 is 0 Å². The van der Waals surface area contributed by atoms with E-state index in [1.165, 1.54) is 15.5 Å². The molecule has 4 rings (SSSR count). The number of benzene rings is 1. The number of thioether (sulfide) groups is 1. The molecule has 0 saturated carbocycles. The Labute approximate surface area is 181 Å². The molecule has 0 amide bonds. The predicted octanol–water partition coefficient (Wildman–Crippen LogP) is 6.54. The Morgan fingerprint density at radius 1 is 1.30 bits per heavy atom. The van der Waals surface area contributed by atoms with Gasteiger partial charge in [0, 0.05) is 23.2 Å². The summed E-state index contributed by atoms with van der Waals surface area (Å²) < 4.78 is 6.24. The molecule has 3 heterocycles. The zero-order chi connectivity index (χ0) is 21.1. The highest BCUT2D eigenvalue weighted by Crippen LogP contribution is 2.34. The summed E-state index contributed by atoms with van der Waals surface area (Å²) in [5.41, 5.74) is 4.89. The summed E-state index contributed by atoms with van der Waals surface area (Å²) in [5, 5.41) is 12.9. The summed E-state index contributed by atoms with van der Waals surface area (Å²) in [5.74, 6) is 1.50. The van der Waals surface area contributed by atoms with E-state index in [0.29, 0.717) is 5.65 Å². The molecule has 3 aromatic rings. The Morgan fingerprint density at radius 2 is 2.17 bits per heavy atom. The molecule has 30 heavy (non-hydrogen) atoms. The van der Waals surface area contributed by atoms with Gasteiger partial charge in [0.15, 0.2) is 5.65 Å². The fraction of sp³-hybridized carbons (Fsp3) is 0.250. The van der Waals surface area contributed by atoms with Crippen LogP contribution >= 0.6 is 11.8 Å². The van der Waals surface area contributed by atoms with Gasteiger partial charge in [-0.25, -0.2) is 4.98 Å². The van der Waals surface area contributed by atoms with Crippen LogP contribution in [0.15, 0.2) is 64.7 Å². The van der Waals surface area contributed by atoms with Gasteiger partial charge in [0.1, 0.15) is 11.5 Å². The lowest BCUT2D eigenvalue weighted by molar-refractivity contribution is 0.487. The number of nitrogens with zero attached hydrogens (tertiary/aromatic N) is 2. The molecule has 2 N–H and O–H groups in total. The smallest absolute Gasteiger partial charge is 0.184 e. The highest BCUT2D eigenvalue weighted by atomic mass is 32.2. The molecule has 0 unspecified atom stereocenters. The average Bonchev–Trinajstić information content (AvgIpc) is 3.10. The van der Waals surface area contributed by atoms with Crippen molar-refractivity contribution in [1.29, 1.82) is 0 Å². The molecule has 1 aromatic carbocycles. The number of hydrogen-bond donors (Lipinski definition) is 2. The third kappa shape index (κ3) is 4.28. The summed E-state index contributed by atoms with van der Waals surface area (Å²) in [6.45, 7) is 10.7. The molecule has 5 nitrogen and oxygen atoms in total. The molecule has 1 aliphatic rings. The van der Waals surface area contributed by atoms with Crippen molar-refractivity contribution in [2.75, 3.05) is 0 Å². The quantitative estimate of drug-likeness (QED) is 0.476. The second-order valence-electron chi connectivity index (χ2n) is 7.36. The summed E-state index contributed by atoms with van der Waals surface area (Å²) in [6.07, 6.45) is 6.98. The number of aryl methyl sites for hydroxylation is 1. The van der Waals surface area contributed by atoms with Gasteiger partial charge < -0.3 is 10.1 Å². The van der Waals surface area contributed by atoms with E-state index < -0.39 is 0 Å². The number of allylic oxidation sites excluding steroid dienone is 3. The number of fused-ring (bicyclic) bond motifs is 1. The van der Waals surface area contributed by atoms with Crippen molar-refractivity contribution in [2.24, 2.45) is 0 Å². The number of rotatable bonds is 6. The van der Waals surface area contributed by atoms with Gasteiger partial charge in [0.25, 0.3) is 0 Å². The van der Waals surface area contributed by atoms with Gasteiger partial charge in [0.2, 0.25) is 0 Å². The molecule has 2 aromatic heterocycles. The largest absolute Gasteiger partial charge is 0.456 e. The van der Waals surface area contributed by atoms with Crippen LogP contribution in [-0.4, -0.2) is 15.2 Å². The molecule has 0 bridgehead atoms. The summed E-state index contributed by atoms with van der Waals surface area (Å²) in [4.78, 5) is 5.64. The van der Waals surface area contributed by atoms with Crippen LogP contribution in [0.5, 0.6) is 11.5 Å². The Kier molecular flexibility index (Phi) is 5.95. The first-order chi connectivity index (χ1) is 14.5. The van der Waals surface area contributed by atoms with E-state index in [-0.39, 0.29) is 0 Å². The maximum absolute atomic E-state index is 6.24. The Balaban J connectivity index is 1.57. The van der Waals surface area contributed by atoms with E-state index in [2.05, 4.69) is 53.9 Å². The van der Waals surface area contributed by atoms with Gasteiger partial charge in [-0.1, -0.05) is 43.5 Å². The van der Waals surface area contributed by atoms with Gasteiger partial charge in [-0.2, -0.15) is 5.10 Å². The second-order valence-corrected chi connectivity index (χ2v) is 8.62. The maximum Gasteiger partial charge on any atom is 0.184 e. The number of nitrogens with one attached hydrogen (secondary N) is 2. The minimum atomic E-state index is 0.669. The van der Waals surface area contributed by atoms with E-state index in [1.807, 2.05) is 30.3 Å². The molecule has 1 aliphatic heterocycles. The van der Waals surface area contributed by atoms with Gasteiger partial charge >= 0.3 is 0 Å². The van der Waals surface area contributed by atoms with Gasteiger partial charge in [-0.05, 0) is 61.8 Å². The molecule has 0 radical (unpaired) electrons. The first-order valence-electron chi connectivity index (χ1n) is 10.2. The standard InChI is InChI=1S/C24H26N4OS/c1-5-20-22-21(12-13-25-23(22)28-27-20)29-19-11-7-10-18(14-19)17(4)26-24-15(2)8-6-9-16(3)30-24/h7,9-14,26H,4-6,8H2,1-3H3,(H,25,27,28). The van der Waals surface area contributed by atoms with Gasteiger partial charge in [-0.3, -0.25) is 5.10 Å². The summed E-state index contributed by atoms with van der Waals surface area (Å²) >= 11 is 1.77. The van der Waals surface area contributed by atoms with Crippen molar-refractivity contribution >= 4 is 28.5 Å². The fourth-order valence-electron chi connectivity index (χ4n) is 3.43. The monoisotopic (exact) mass is 418 g/mol. The van der Waals surface area contributed by atoms with Crippen LogP contribution < -0.4 is 10.1 Å². The number of ether oxygens (including phenoxy) is 1. The zero-order valence-electron chi connectivity index (χ0n) is 17.6. The number of pyridine rings is 1. The molecule has 154 valence electrons. The number of aromatic amines is 1. The number of hydrogen-bond acceptors (Lipinski definition) is 5. The molecule has 0 fully saturated rings. The highest BCUT2D eigenvalue weighted by molar-refractivity contribution is 8.06. The highest BCUT2D eigenvalue weighted by Gasteiger charge is 2.14. The Hall–Kier alpha value is -2.99. The maximum atomic E-state index is 6.24. The topological polar surface area (TPSA) is 62.8 Å². The van der Waals surface area contributed by atoms with Crippen LogP contribution in [0, 0.1) is 0 Å². The second kappa shape index (κ2) is 8.79. The zero-order valence-corrected chi connectivity index (χ0v) is 18.4. The van der Waals surface area contributed by atoms with Crippen molar-refractivity contribution in [1.82, 2.24) is 20.5 Å². The van der Waals surface area contributed by atoms with E-state index in [1.54, 1.807) is 18.0 Å². The molecule has 6 heteroatoms. The molecule has 0 atom stereocenters. The van der Waals surface area contributed by atoms with Crippen LogP contribution in [0.2, 0.25) is 0 Å². The number of H-pyrrole nitrogens is 1. The lowest BCUT2D eigenvalue weighted by Crippen LogP contribution is -2.10. The molecule has 0 spiro atoms. The van der Waals surface area contributed by atoms with Crippen molar-refractivity contribution in [3.05, 3.63) is 75.9 Å². The molecular weight excluding hydrogens is 392 g/mol. The van der Waals surface area contributed by atoms with Crippen LogP contribution in [-0.2, 0) is 6.42 Å². The predicted molar refractivity (Wildman–Crippen MR) is 125 cm³/mol.